The van der Waals surface area contributed by atoms with Crippen molar-refractivity contribution < 1.29 is 9.59 Å². The lowest BCUT2D eigenvalue weighted by molar-refractivity contribution is -0.124. The summed E-state index contributed by atoms with van der Waals surface area (Å²) in [6.07, 6.45) is 43.7. The Morgan fingerprint density at radius 2 is 0.618 bits per heavy atom. The monoisotopic (exact) mass is 779 g/mol. The van der Waals surface area contributed by atoms with Gasteiger partial charge in [-0.15, -0.1) is 0 Å². The average molecular weight is 779 g/mol. The fraction of sp³-hybridized carbons (Fsp3) is 0.959. The van der Waals surface area contributed by atoms with Gasteiger partial charge in [0, 0.05) is 12.8 Å². The van der Waals surface area contributed by atoms with Crippen LogP contribution in [0.25, 0.3) is 0 Å². The highest BCUT2D eigenvalue weighted by Gasteiger charge is 2.15. The molecule has 0 aromatic rings. The van der Waals surface area contributed by atoms with E-state index in [0.29, 0.717) is 12.8 Å². The first kappa shape index (κ1) is 56.0. The number of hydrogen-bond donors (Lipinski definition) is 2. The van der Waals surface area contributed by atoms with Gasteiger partial charge in [-0.05, 0) is 52.4 Å². The third-order valence-electron chi connectivity index (χ3n) is 11.7. The zero-order chi connectivity index (χ0) is 41.0. The van der Waals surface area contributed by atoms with Gasteiger partial charge >= 0.3 is 0 Å². The summed E-state index contributed by atoms with van der Waals surface area (Å²) in [5.74, 6) is 0.442. The van der Waals surface area contributed by atoms with E-state index in [1.165, 1.54) is 180 Å². The standard InChI is InChI=1S/C25H52N2O.C24H50N2O/c1-5-9-10-11-12-13-14-15-16-17-18-19-20-21-22-23-25(28)26-24(6-2)27(7-3)8-4;1-5-8-9-10-11-12-13-14-15-16-17-18-19-20-21-22-24(27)25-23(4)26(6-2)7-3/h24H,5-23H2,1-4H3,(H,26,28);23H,5-22H2,1-4H3,(H,25,27). The van der Waals surface area contributed by atoms with Gasteiger partial charge in [0.15, 0.2) is 0 Å². The molecule has 0 aromatic heterocycles. The number of carbonyl (C=O) groups is 2. The van der Waals surface area contributed by atoms with Crippen LogP contribution < -0.4 is 10.6 Å². The van der Waals surface area contributed by atoms with Gasteiger partial charge in [0.05, 0.1) is 12.3 Å². The molecule has 330 valence electrons. The number of carbonyl (C=O) groups excluding carboxylic acids is 2. The third-order valence-corrected chi connectivity index (χ3v) is 11.7. The topological polar surface area (TPSA) is 64.7 Å². The van der Waals surface area contributed by atoms with Gasteiger partial charge in [0.25, 0.3) is 0 Å². The van der Waals surface area contributed by atoms with Gasteiger partial charge < -0.3 is 10.6 Å². The van der Waals surface area contributed by atoms with Crippen LogP contribution in [0.3, 0.4) is 0 Å². The van der Waals surface area contributed by atoms with Crippen molar-refractivity contribution >= 4 is 11.8 Å². The smallest absolute Gasteiger partial charge is 0.221 e. The molecule has 0 rings (SSSR count). The van der Waals surface area contributed by atoms with Gasteiger partial charge in [0.2, 0.25) is 11.8 Å². The maximum Gasteiger partial charge on any atom is 0.221 e. The molecular weight excluding hydrogens is 677 g/mol. The second-order valence-corrected chi connectivity index (χ2v) is 16.6. The van der Waals surface area contributed by atoms with Crippen LogP contribution in [0, 0.1) is 0 Å². The van der Waals surface area contributed by atoms with Crippen molar-refractivity contribution in [2.45, 2.75) is 280 Å². The van der Waals surface area contributed by atoms with Crippen molar-refractivity contribution in [2.75, 3.05) is 26.2 Å². The van der Waals surface area contributed by atoms with Crippen molar-refractivity contribution in [3.63, 3.8) is 0 Å². The first-order valence-electron chi connectivity index (χ1n) is 24.9. The van der Waals surface area contributed by atoms with Crippen molar-refractivity contribution in [1.29, 1.82) is 0 Å². The van der Waals surface area contributed by atoms with Crippen molar-refractivity contribution in [3.8, 4) is 0 Å². The maximum absolute atomic E-state index is 12.1. The van der Waals surface area contributed by atoms with E-state index in [2.05, 4.69) is 75.8 Å². The second kappa shape index (κ2) is 45.6. The number of nitrogens with zero attached hydrogens (tertiary/aromatic N) is 2. The highest BCUT2D eigenvalue weighted by molar-refractivity contribution is 5.76. The van der Waals surface area contributed by atoms with Gasteiger partial charge in [-0.3, -0.25) is 19.4 Å². The van der Waals surface area contributed by atoms with Crippen molar-refractivity contribution in [2.24, 2.45) is 0 Å². The predicted molar refractivity (Wildman–Crippen MR) is 245 cm³/mol. The highest BCUT2D eigenvalue weighted by atomic mass is 16.2. The average Bonchev–Trinajstić information content (AvgIpc) is 3.18. The van der Waals surface area contributed by atoms with Crippen molar-refractivity contribution in [1.82, 2.24) is 20.4 Å². The van der Waals surface area contributed by atoms with E-state index in [4.69, 9.17) is 0 Å². The predicted octanol–water partition coefficient (Wildman–Crippen LogP) is 14.5. The molecule has 6 heteroatoms. The molecule has 0 aliphatic carbocycles. The van der Waals surface area contributed by atoms with Crippen LogP contribution in [-0.2, 0) is 9.59 Å². The molecule has 55 heavy (non-hydrogen) atoms. The van der Waals surface area contributed by atoms with Gasteiger partial charge in [-0.2, -0.15) is 0 Å². The van der Waals surface area contributed by atoms with E-state index in [1.807, 2.05) is 0 Å². The van der Waals surface area contributed by atoms with Gasteiger partial charge in [-0.25, -0.2) is 0 Å². The molecule has 2 unspecified atom stereocenters. The normalized spacial score (nSPS) is 12.5. The quantitative estimate of drug-likeness (QED) is 0.0479. The molecule has 0 aliphatic heterocycles. The maximum atomic E-state index is 12.1. The minimum Gasteiger partial charge on any atom is -0.341 e. The highest BCUT2D eigenvalue weighted by Crippen LogP contribution is 2.15. The fourth-order valence-electron chi connectivity index (χ4n) is 7.86. The summed E-state index contributed by atoms with van der Waals surface area (Å²) in [6.45, 7) is 21.4. The summed E-state index contributed by atoms with van der Waals surface area (Å²) in [5.41, 5.74) is 0. The third kappa shape index (κ3) is 39.5. The van der Waals surface area contributed by atoms with Crippen LogP contribution in [0.1, 0.15) is 267 Å². The Morgan fingerprint density at radius 1 is 0.364 bits per heavy atom. The molecule has 0 aliphatic rings. The number of nitrogens with one attached hydrogen (secondary N) is 2. The summed E-state index contributed by atoms with van der Waals surface area (Å²) in [6, 6.07) is 0. The van der Waals surface area contributed by atoms with E-state index in [9.17, 15) is 9.59 Å². The Balaban J connectivity index is 0. The summed E-state index contributed by atoms with van der Waals surface area (Å²) < 4.78 is 0. The van der Waals surface area contributed by atoms with Crippen LogP contribution in [0.4, 0.5) is 0 Å². The molecule has 2 N–H and O–H groups in total. The lowest BCUT2D eigenvalue weighted by Crippen LogP contribution is -2.47. The molecule has 6 nitrogen and oxygen atoms in total. The summed E-state index contributed by atoms with van der Waals surface area (Å²) >= 11 is 0. The SMILES string of the molecule is CCCCCCCCCCCCCCCCCC(=O)NC(C)N(CC)CC.CCCCCCCCCCCCCCCCCC(=O)NC(CC)N(CC)CC. The van der Waals surface area contributed by atoms with E-state index < -0.39 is 0 Å². The number of amides is 2. The van der Waals surface area contributed by atoms with E-state index in [-0.39, 0.29) is 24.1 Å². The molecule has 0 bridgehead atoms. The fourth-order valence-corrected chi connectivity index (χ4v) is 7.86. The zero-order valence-electron chi connectivity index (χ0n) is 39.0. The van der Waals surface area contributed by atoms with Crippen LogP contribution >= 0.6 is 0 Å². The molecule has 0 spiro atoms. The first-order chi connectivity index (χ1) is 26.8. The van der Waals surface area contributed by atoms with Crippen LogP contribution in [-0.4, -0.2) is 60.1 Å². The second-order valence-electron chi connectivity index (χ2n) is 16.6. The van der Waals surface area contributed by atoms with Gasteiger partial charge in [0.1, 0.15) is 0 Å². The molecule has 0 fully saturated rings. The minimum atomic E-state index is 0.156. The van der Waals surface area contributed by atoms with Crippen LogP contribution in [0.15, 0.2) is 0 Å². The van der Waals surface area contributed by atoms with E-state index in [0.717, 1.165) is 45.4 Å². The van der Waals surface area contributed by atoms with Crippen LogP contribution in [0.2, 0.25) is 0 Å². The van der Waals surface area contributed by atoms with E-state index in [1.54, 1.807) is 0 Å². The summed E-state index contributed by atoms with van der Waals surface area (Å²) in [7, 11) is 0. The molecule has 0 saturated carbocycles. The van der Waals surface area contributed by atoms with Gasteiger partial charge in [-0.1, -0.05) is 228 Å². The Morgan fingerprint density at radius 3 is 0.873 bits per heavy atom. The molecule has 2 amide bonds. The molecule has 2 atom stereocenters. The molecule has 0 saturated heterocycles. The largest absolute Gasteiger partial charge is 0.341 e. The molecule has 0 heterocycles. The first-order valence-corrected chi connectivity index (χ1v) is 24.9. The molecule has 0 aromatic carbocycles. The zero-order valence-corrected chi connectivity index (χ0v) is 39.0. The van der Waals surface area contributed by atoms with Crippen molar-refractivity contribution in [3.05, 3.63) is 0 Å². The number of rotatable bonds is 41. The summed E-state index contributed by atoms with van der Waals surface area (Å²) in [5, 5.41) is 6.32. The number of unbranched alkanes of at least 4 members (excludes halogenated alkanes) is 28. The Kier molecular flexibility index (Phi) is 46.4. The number of hydrogen-bond acceptors (Lipinski definition) is 4. The van der Waals surface area contributed by atoms with E-state index >= 15 is 0 Å². The Hall–Kier alpha value is -1.14. The molecule has 0 radical (unpaired) electrons. The lowest BCUT2D eigenvalue weighted by Gasteiger charge is -2.29. The Labute approximate surface area is 346 Å². The summed E-state index contributed by atoms with van der Waals surface area (Å²) in [4.78, 5) is 28.7. The Bertz CT molecular complexity index is 770. The minimum absolute atomic E-state index is 0.156. The lowest BCUT2D eigenvalue weighted by atomic mass is 10.0. The molecular formula is C49H102N4O2. The van der Waals surface area contributed by atoms with Crippen LogP contribution in [0.5, 0.6) is 0 Å².